The summed E-state index contributed by atoms with van der Waals surface area (Å²) in [6.07, 6.45) is 1.71. The maximum absolute atomic E-state index is 11.4. The van der Waals surface area contributed by atoms with E-state index in [4.69, 9.17) is 0 Å². The van der Waals surface area contributed by atoms with Crippen LogP contribution >= 0.6 is 0 Å². The van der Waals surface area contributed by atoms with Gasteiger partial charge in [-0.25, -0.2) is 13.1 Å². The van der Waals surface area contributed by atoms with E-state index in [1.807, 2.05) is 31.3 Å². The molecule has 19 heavy (non-hydrogen) atoms. The van der Waals surface area contributed by atoms with Gasteiger partial charge in [0.05, 0.1) is 29.4 Å². The number of nitrogens with one attached hydrogen (secondary N) is 1. The molecule has 0 fully saturated rings. The molecule has 102 valence electrons. The molecule has 0 radical (unpaired) electrons. The molecule has 1 N–H and O–H groups in total. The van der Waals surface area contributed by atoms with Gasteiger partial charge in [-0.3, -0.25) is 9.67 Å². The van der Waals surface area contributed by atoms with Crippen molar-refractivity contribution < 1.29 is 8.42 Å². The van der Waals surface area contributed by atoms with Crippen molar-refractivity contribution in [3.63, 3.8) is 0 Å². The van der Waals surface area contributed by atoms with Gasteiger partial charge in [0.25, 0.3) is 0 Å². The molecule has 2 aromatic heterocycles. The Morgan fingerprint density at radius 2 is 2.16 bits per heavy atom. The Morgan fingerprint density at radius 1 is 1.37 bits per heavy atom. The highest BCUT2D eigenvalue weighted by atomic mass is 32.2. The van der Waals surface area contributed by atoms with Crippen molar-refractivity contribution >= 4 is 10.0 Å². The number of pyridine rings is 1. The molecule has 0 aliphatic heterocycles. The molecule has 0 spiro atoms. The highest BCUT2D eigenvalue weighted by Gasteiger charge is 2.11. The van der Waals surface area contributed by atoms with Crippen LogP contribution in [0.4, 0.5) is 0 Å². The van der Waals surface area contributed by atoms with E-state index in [2.05, 4.69) is 14.8 Å². The van der Waals surface area contributed by atoms with Crippen molar-refractivity contribution in [2.24, 2.45) is 7.05 Å². The Kier molecular flexibility index (Phi) is 3.96. The van der Waals surface area contributed by atoms with E-state index in [9.17, 15) is 8.42 Å². The van der Waals surface area contributed by atoms with Crippen LogP contribution < -0.4 is 4.72 Å². The minimum absolute atomic E-state index is 0.0624. The van der Waals surface area contributed by atoms with E-state index >= 15 is 0 Å². The van der Waals surface area contributed by atoms with Gasteiger partial charge >= 0.3 is 0 Å². The smallest absolute Gasteiger partial charge is 0.211 e. The van der Waals surface area contributed by atoms with Gasteiger partial charge in [-0.05, 0) is 25.1 Å². The number of aromatic nitrogens is 3. The topological polar surface area (TPSA) is 76.9 Å². The monoisotopic (exact) mass is 280 g/mol. The predicted octanol–water partition coefficient (Wildman–Crippen LogP) is 0.921. The molecule has 2 rings (SSSR count). The van der Waals surface area contributed by atoms with E-state index in [0.717, 1.165) is 11.4 Å². The molecule has 0 amide bonds. The molecule has 0 aromatic carbocycles. The molecular formula is C12H16N4O2S. The third-order valence-electron chi connectivity index (χ3n) is 2.71. The first-order chi connectivity index (χ1) is 9.02. The molecule has 0 aliphatic carbocycles. The Bertz CT molecular complexity index is 650. The fourth-order valence-corrected chi connectivity index (χ4v) is 2.22. The standard InChI is InChI=1S/C12H16N4O2S/c1-3-19(17,18)14-9-10-8-12(16(2)15-10)11-6-4-5-7-13-11/h4-8,14H,3,9H2,1-2H3. The average molecular weight is 280 g/mol. The van der Waals surface area contributed by atoms with Gasteiger partial charge in [0.2, 0.25) is 10.0 Å². The zero-order valence-electron chi connectivity index (χ0n) is 10.9. The van der Waals surface area contributed by atoms with E-state index < -0.39 is 10.0 Å². The van der Waals surface area contributed by atoms with Gasteiger partial charge in [0.15, 0.2) is 0 Å². The number of aryl methyl sites for hydroxylation is 1. The minimum atomic E-state index is -3.20. The van der Waals surface area contributed by atoms with E-state index in [-0.39, 0.29) is 12.3 Å². The zero-order chi connectivity index (χ0) is 13.9. The summed E-state index contributed by atoms with van der Waals surface area (Å²) in [6.45, 7) is 1.79. The number of hydrogen-bond acceptors (Lipinski definition) is 4. The fraction of sp³-hybridized carbons (Fsp3) is 0.333. The highest BCUT2D eigenvalue weighted by Crippen LogP contribution is 2.16. The lowest BCUT2D eigenvalue weighted by Gasteiger charge is -2.00. The second-order valence-electron chi connectivity index (χ2n) is 4.08. The molecule has 7 heteroatoms. The van der Waals surface area contributed by atoms with Crippen molar-refractivity contribution in [3.05, 3.63) is 36.2 Å². The van der Waals surface area contributed by atoms with Crippen LogP contribution in [0.3, 0.4) is 0 Å². The summed E-state index contributed by atoms with van der Waals surface area (Å²) >= 11 is 0. The summed E-state index contributed by atoms with van der Waals surface area (Å²) < 4.78 is 26.9. The summed E-state index contributed by atoms with van der Waals surface area (Å²) in [7, 11) is -1.39. The Labute approximate surface area is 112 Å². The van der Waals surface area contributed by atoms with Crippen molar-refractivity contribution in [2.75, 3.05) is 5.75 Å². The molecule has 2 aromatic rings. The Hall–Kier alpha value is -1.73. The Morgan fingerprint density at radius 3 is 2.79 bits per heavy atom. The molecular weight excluding hydrogens is 264 g/mol. The van der Waals surface area contributed by atoms with E-state index in [0.29, 0.717) is 5.69 Å². The van der Waals surface area contributed by atoms with Crippen LogP contribution in [0.5, 0.6) is 0 Å². The van der Waals surface area contributed by atoms with Crippen molar-refractivity contribution in [3.8, 4) is 11.4 Å². The lowest BCUT2D eigenvalue weighted by Crippen LogP contribution is -2.24. The molecule has 2 heterocycles. The highest BCUT2D eigenvalue weighted by molar-refractivity contribution is 7.89. The second-order valence-corrected chi connectivity index (χ2v) is 6.18. The summed E-state index contributed by atoms with van der Waals surface area (Å²) in [6, 6.07) is 7.46. The largest absolute Gasteiger partial charge is 0.266 e. The maximum atomic E-state index is 11.4. The summed E-state index contributed by atoms with van der Waals surface area (Å²) in [5.41, 5.74) is 2.33. The number of hydrogen-bond donors (Lipinski definition) is 1. The van der Waals surface area contributed by atoms with Crippen LogP contribution in [0.2, 0.25) is 0 Å². The predicted molar refractivity (Wildman–Crippen MR) is 72.7 cm³/mol. The third-order valence-corrected chi connectivity index (χ3v) is 4.06. The first kappa shape index (κ1) is 13.7. The maximum Gasteiger partial charge on any atom is 0.211 e. The average Bonchev–Trinajstić information content (AvgIpc) is 2.79. The number of sulfonamides is 1. The van der Waals surface area contributed by atoms with Crippen LogP contribution in [0.15, 0.2) is 30.5 Å². The minimum Gasteiger partial charge on any atom is -0.266 e. The van der Waals surface area contributed by atoms with Crippen LogP contribution in [0.25, 0.3) is 11.4 Å². The SMILES string of the molecule is CCS(=O)(=O)NCc1cc(-c2ccccn2)n(C)n1. The lowest BCUT2D eigenvalue weighted by molar-refractivity contribution is 0.581. The quantitative estimate of drug-likeness (QED) is 0.883. The third kappa shape index (κ3) is 3.39. The van der Waals surface area contributed by atoms with Crippen LogP contribution in [0, 0.1) is 0 Å². The van der Waals surface area contributed by atoms with Crippen molar-refractivity contribution in [1.82, 2.24) is 19.5 Å². The molecule has 0 bridgehead atoms. The molecule has 0 saturated carbocycles. The number of rotatable bonds is 5. The first-order valence-corrected chi connectivity index (χ1v) is 7.58. The van der Waals surface area contributed by atoms with Crippen molar-refractivity contribution in [1.29, 1.82) is 0 Å². The van der Waals surface area contributed by atoms with E-state index in [1.54, 1.807) is 17.8 Å². The normalized spacial score (nSPS) is 11.7. The van der Waals surface area contributed by atoms with Gasteiger partial charge in [-0.2, -0.15) is 5.10 Å². The second kappa shape index (κ2) is 5.50. The molecule has 0 atom stereocenters. The zero-order valence-corrected chi connectivity index (χ0v) is 11.7. The van der Waals surface area contributed by atoms with Gasteiger partial charge in [0, 0.05) is 13.2 Å². The molecule has 6 nitrogen and oxygen atoms in total. The molecule has 0 aliphatic rings. The van der Waals surface area contributed by atoms with Gasteiger partial charge < -0.3 is 0 Å². The first-order valence-electron chi connectivity index (χ1n) is 5.93. The lowest BCUT2D eigenvalue weighted by atomic mass is 10.2. The fourth-order valence-electron chi connectivity index (χ4n) is 1.65. The van der Waals surface area contributed by atoms with Crippen LogP contribution in [0.1, 0.15) is 12.6 Å². The molecule has 0 saturated heterocycles. The van der Waals surface area contributed by atoms with Gasteiger partial charge in [-0.1, -0.05) is 6.07 Å². The van der Waals surface area contributed by atoms with Crippen LogP contribution in [-0.2, 0) is 23.6 Å². The van der Waals surface area contributed by atoms with Gasteiger partial charge in [-0.15, -0.1) is 0 Å². The van der Waals surface area contributed by atoms with Gasteiger partial charge in [0.1, 0.15) is 0 Å². The van der Waals surface area contributed by atoms with Crippen LogP contribution in [-0.4, -0.2) is 28.9 Å². The van der Waals surface area contributed by atoms with Crippen molar-refractivity contribution in [2.45, 2.75) is 13.5 Å². The molecule has 0 unspecified atom stereocenters. The summed E-state index contributed by atoms with van der Waals surface area (Å²) in [5.74, 6) is 0.0624. The summed E-state index contributed by atoms with van der Waals surface area (Å²) in [5, 5.41) is 4.27. The summed E-state index contributed by atoms with van der Waals surface area (Å²) in [4.78, 5) is 4.25. The van der Waals surface area contributed by atoms with E-state index in [1.165, 1.54) is 0 Å². The number of nitrogens with zero attached hydrogens (tertiary/aromatic N) is 3. The Balaban J connectivity index is 2.18.